The predicted octanol–water partition coefficient (Wildman–Crippen LogP) is -0.262. The van der Waals surface area contributed by atoms with Crippen LogP contribution in [-0.2, 0) is 0 Å². The van der Waals surface area contributed by atoms with E-state index >= 15 is 0 Å². The van der Waals surface area contributed by atoms with Crippen LogP contribution in [0.15, 0.2) is 10.6 Å². The minimum Gasteiger partial charge on any atom is -0.530 e. The number of carbonyl (C=O) groups excluding carboxylic acids is 1. The summed E-state index contributed by atoms with van der Waals surface area (Å²) < 4.78 is 4.56. The smallest absolute Gasteiger partial charge is 0.174 e. The average molecular weight is 141 g/mol. The third-order valence-electron chi connectivity index (χ3n) is 0.858. The average Bonchev–Trinajstić information content (AvgIpc) is 2.13. The number of hydrogen-bond acceptors (Lipinski definition) is 4. The summed E-state index contributed by atoms with van der Waals surface area (Å²) in [5.74, 6) is 0.696. The van der Waals surface area contributed by atoms with E-state index in [-0.39, 0.29) is 5.82 Å². The predicted molar refractivity (Wildman–Crippen MR) is 30.3 cm³/mol. The lowest BCUT2D eigenvalue weighted by molar-refractivity contribution is -0.242. The summed E-state index contributed by atoms with van der Waals surface area (Å²) in [6.45, 7) is 1.66. The normalized spacial score (nSPS) is 9.30. The van der Waals surface area contributed by atoms with Gasteiger partial charge in [-0.15, -0.1) is 0 Å². The quantitative estimate of drug-likeness (QED) is 0.584. The number of amides is 1. The Morgan fingerprint density at radius 3 is 3.00 bits per heavy atom. The summed E-state index contributed by atoms with van der Waals surface area (Å²) in [5, 5.41) is 15.1. The van der Waals surface area contributed by atoms with Crippen molar-refractivity contribution in [2.24, 2.45) is 0 Å². The molecular formula is C5H5N2O3-. The van der Waals surface area contributed by atoms with Crippen LogP contribution in [0.5, 0.6) is 0 Å². The van der Waals surface area contributed by atoms with Crippen LogP contribution in [0.2, 0.25) is 0 Å². The Morgan fingerprint density at radius 2 is 2.60 bits per heavy atom. The lowest BCUT2D eigenvalue weighted by atomic mass is 10.5. The van der Waals surface area contributed by atoms with Crippen LogP contribution in [-0.4, -0.2) is 11.2 Å². The van der Waals surface area contributed by atoms with Gasteiger partial charge in [-0.1, -0.05) is 5.16 Å². The van der Waals surface area contributed by atoms with Gasteiger partial charge in [0.25, 0.3) is 0 Å². The van der Waals surface area contributed by atoms with E-state index in [0.717, 1.165) is 0 Å². The monoisotopic (exact) mass is 141 g/mol. The maximum absolute atomic E-state index is 9.87. The molecule has 1 aromatic rings. The molecule has 0 saturated carbocycles. The molecule has 1 heterocycles. The second kappa shape index (κ2) is 2.38. The summed E-state index contributed by atoms with van der Waals surface area (Å²) in [6, 6.07) is 1.45. The number of anilines is 1. The maximum atomic E-state index is 9.87. The molecule has 0 aliphatic heterocycles. The van der Waals surface area contributed by atoms with Crippen molar-refractivity contribution in [2.75, 3.05) is 5.32 Å². The highest BCUT2D eigenvalue weighted by atomic mass is 16.5. The first-order chi connectivity index (χ1) is 4.68. The van der Waals surface area contributed by atoms with Gasteiger partial charge in [-0.05, 0) is 6.92 Å². The van der Waals surface area contributed by atoms with Crippen molar-refractivity contribution in [1.29, 1.82) is 0 Å². The minimum absolute atomic E-state index is 0.150. The summed E-state index contributed by atoms with van der Waals surface area (Å²) in [5.41, 5.74) is 0. The van der Waals surface area contributed by atoms with Gasteiger partial charge in [0.15, 0.2) is 5.82 Å². The summed E-state index contributed by atoms with van der Waals surface area (Å²) >= 11 is 0. The first kappa shape index (κ1) is 6.60. The molecule has 1 aromatic heterocycles. The number of rotatable bonds is 1. The molecule has 0 atom stereocenters. The molecule has 0 saturated heterocycles. The molecule has 0 fully saturated rings. The number of nitrogens with one attached hydrogen (secondary N) is 1. The summed E-state index contributed by atoms with van der Waals surface area (Å²) in [4.78, 5) is 9.87. The van der Waals surface area contributed by atoms with Crippen molar-refractivity contribution in [3.05, 3.63) is 11.8 Å². The zero-order valence-corrected chi connectivity index (χ0v) is 5.25. The Labute approximate surface area is 56.6 Å². The van der Waals surface area contributed by atoms with Gasteiger partial charge < -0.3 is 19.7 Å². The summed E-state index contributed by atoms with van der Waals surface area (Å²) in [7, 11) is 0. The maximum Gasteiger partial charge on any atom is 0.174 e. The lowest BCUT2D eigenvalue weighted by Gasteiger charge is -1.98. The highest BCUT2D eigenvalue weighted by Crippen LogP contribution is 2.05. The first-order valence-electron chi connectivity index (χ1n) is 2.60. The standard InChI is InChI=1S/C5H6N2O3/c1-3-2-4(7-10-3)6-5(8)9/h2H,1H3,(H,6,7)(H,8,9)/p-1. The molecule has 54 valence electrons. The van der Waals surface area contributed by atoms with E-state index in [1.807, 2.05) is 5.32 Å². The van der Waals surface area contributed by atoms with Crippen molar-refractivity contribution < 1.29 is 14.4 Å². The van der Waals surface area contributed by atoms with Gasteiger partial charge in [0.1, 0.15) is 11.9 Å². The van der Waals surface area contributed by atoms with Crippen LogP contribution in [0.4, 0.5) is 10.6 Å². The van der Waals surface area contributed by atoms with Gasteiger partial charge in [-0.25, -0.2) is 0 Å². The minimum atomic E-state index is -1.40. The van der Waals surface area contributed by atoms with Crippen LogP contribution in [0.1, 0.15) is 5.76 Å². The molecule has 10 heavy (non-hydrogen) atoms. The third-order valence-corrected chi connectivity index (χ3v) is 0.858. The van der Waals surface area contributed by atoms with Crippen molar-refractivity contribution >= 4 is 11.9 Å². The molecular weight excluding hydrogens is 136 g/mol. The van der Waals surface area contributed by atoms with Gasteiger partial charge in [-0.2, -0.15) is 0 Å². The van der Waals surface area contributed by atoms with Gasteiger partial charge >= 0.3 is 0 Å². The zero-order chi connectivity index (χ0) is 7.56. The van der Waals surface area contributed by atoms with Gasteiger partial charge in [-0.3, -0.25) is 0 Å². The molecule has 0 unspecified atom stereocenters. The van der Waals surface area contributed by atoms with E-state index in [0.29, 0.717) is 5.76 Å². The number of nitrogens with zero attached hydrogens (tertiary/aromatic N) is 1. The van der Waals surface area contributed by atoms with E-state index < -0.39 is 6.09 Å². The fraction of sp³-hybridized carbons (Fsp3) is 0.200. The first-order valence-corrected chi connectivity index (χ1v) is 2.60. The van der Waals surface area contributed by atoms with Gasteiger partial charge in [0.05, 0.1) is 0 Å². The Kier molecular flexibility index (Phi) is 1.57. The third kappa shape index (κ3) is 1.48. The second-order valence-electron chi connectivity index (χ2n) is 1.74. The molecule has 0 aromatic carbocycles. The fourth-order valence-electron chi connectivity index (χ4n) is 0.530. The van der Waals surface area contributed by atoms with Crippen LogP contribution in [0.3, 0.4) is 0 Å². The Morgan fingerprint density at radius 1 is 1.90 bits per heavy atom. The van der Waals surface area contributed by atoms with E-state index in [1.54, 1.807) is 6.92 Å². The highest BCUT2D eigenvalue weighted by molar-refractivity contribution is 5.79. The van der Waals surface area contributed by atoms with Gasteiger partial charge in [0.2, 0.25) is 0 Å². The van der Waals surface area contributed by atoms with Crippen molar-refractivity contribution in [3.8, 4) is 0 Å². The van der Waals surface area contributed by atoms with Crippen molar-refractivity contribution in [2.45, 2.75) is 6.92 Å². The topological polar surface area (TPSA) is 78.2 Å². The van der Waals surface area contributed by atoms with E-state index in [4.69, 9.17) is 0 Å². The molecule has 1 rings (SSSR count). The molecule has 1 amide bonds. The number of carboxylic acid groups (broad SMARTS) is 1. The molecule has 0 aliphatic rings. The highest BCUT2D eigenvalue weighted by Gasteiger charge is 1.96. The van der Waals surface area contributed by atoms with Crippen LogP contribution >= 0.6 is 0 Å². The Hall–Kier alpha value is -1.52. The number of aromatic nitrogens is 1. The number of carbonyl (C=O) groups is 1. The molecule has 0 spiro atoms. The molecule has 0 aliphatic carbocycles. The van der Waals surface area contributed by atoms with Crippen molar-refractivity contribution in [3.63, 3.8) is 0 Å². The number of aryl methyl sites for hydroxylation is 1. The summed E-state index contributed by atoms with van der Waals surface area (Å²) in [6.07, 6.45) is -1.40. The molecule has 1 N–H and O–H groups in total. The largest absolute Gasteiger partial charge is 0.530 e. The van der Waals surface area contributed by atoms with Crippen LogP contribution in [0.25, 0.3) is 0 Å². The van der Waals surface area contributed by atoms with E-state index in [9.17, 15) is 9.90 Å². The van der Waals surface area contributed by atoms with E-state index in [1.165, 1.54) is 6.07 Å². The Balaban J connectivity index is 2.67. The fourth-order valence-corrected chi connectivity index (χ4v) is 0.530. The zero-order valence-electron chi connectivity index (χ0n) is 5.25. The van der Waals surface area contributed by atoms with Crippen LogP contribution < -0.4 is 10.4 Å². The molecule has 5 heteroatoms. The molecule has 0 bridgehead atoms. The molecule has 5 nitrogen and oxygen atoms in total. The lowest BCUT2D eigenvalue weighted by Crippen LogP contribution is -2.28. The van der Waals surface area contributed by atoms with E-state index in [2.05, 4.69) is 9.68 Å². The van der Waals surface area contributed by atoms with Crippen LogP contribution in [0, 0.1) is 6.92 Å². The SMILES string of the molecule is Cc1cc(NC(=O)[O-])no1. The second-order valence-corrected chi connectivity index (χ2v) is 1.74. The number of hydrogen-bond donors (Lipinski definition) is 1. The Bertz CT molecular complexity index is 243. The molecule has 0 radical (unpaired) electrons. The van der Waals surface area contributed by atoms with Gasteiger partial charge in [0, 0.05) is 6.07 Å². The van der Waals surface area contributed by atoms with Crippen molar-refractivity contribution in [1.82, 2.24) is 5.16 Å².